The first-order valence-electron chi connectivity index (χ1n) is 14.2. The van der Waals surface area contributed by atoms with Crippen molar-refractivity contribution in [2.24, 2.45) is 0 Å². The van der Waals surface area contributed by atoms with Gasteiger partial charge in [-0.05, 0) is 73.0 Å². The lowest BCUT2D eigenvalue weighted by molar-refractivity contribution is -0.133. The first-order valence-corrected chi connectivity index (χ1v) is 14.2. The zero-order valence-electron chi connectivity index (χ0n) is 23.1. The van der Waals surface area contributed by atoms with E-state index < -0.39 is 0 Å². The molecular weight excluding hydrogens is 565 g/mol. The molecule has 0 radical (unpaired) electrons. The predicted molar refractivity (Wildman–Crippen MR) is 165 cm³/mol. The lowest BCUT2D eigenvalue weighted by Gasteiger charge is -2.39. The molecule has 5 nitrogen and oxygen atoms in total. The standard InChI is InChI=1S/C32H36F2N4O.2ClH/c33-25-8-11-27(12-9-25)38-30-13-10-26(34)21-28(30)29-23-35(16-14-31(29)38)15-4-7-32(39)37-19-17-36(18-20-37)22-24-5-2-1-3-6-24;;/h1-3,5-6,8-13,21,29,31H,4,7,14-20,22-23H2;2*1H/t29-,31+;;/m0../s1. The quantitative estimate of drug-likeness (QED) is 0.320. The Morgan fingerprint density at radius 2 is 1.51 bits per heavy atom. The molecule has 2 atom stereocenters. The summed E-state index contributed by atoms with van der Waals surface area (Å²) in [5.41, 5.74) is 4.30. The number of nitrogens with zero attached hydrogens (tertiary/aromatic N) is 4. The van der Waals surface area contributed by atoms with Gasteiger partial charge in [0.25, 0.3) is 0 Å². The van der Waals surface area contributed by atoms with Gasteiger partial charge in [-0.15, -0.1) is 24.8 Å². The van der Waals surface area contributed by atoms with Crippen LogP contribution in [0, 0.1) is 11.6 Å². The van der Waals surface area contributed by atoms with Crippen molar-refractivity contribution in [2.45, 2.75) is 37.8 Å². The first-order chi connectivity index (χ1) is 19.0. The molecule has 0 unspecified atom stereocenters. The molecule has 3 aromatic carbocycles. The molecule has 2 fully saturated rings. The van der Waals surface area contributed by atoms with Gasteiger partial charge in [0.2, 0.25) is 5.91 Å². The summed E-state index contributed by atoms with van der Waals surface area (Å²) in [5.74, 6) is -0.0461. The Morgan fingerprint density at radius 1 is 0.805 bits per heavy atom. The minimum absolute atomic E-state index is 0. The molecule has 0 bridgehead atoms. The van der Waals surface area contributed by atoms with Crippen LogP contribution in [0.25, 0.3) is 0 Å². The van der Waals surface area contributed by atoms with Gasteiger partial charge in [-0.25, -0.2) is 8.78 Å². The zero-order chi connectivity index (χ0) is 26.8. The normalized spacial score (nSPS) is 20.5. The highest BCUT2D eigenvalue weighted by molar-refractivity contribution is 5.85. The fraction of sp³-hybridized carbons (Fsp3) is 0.406. The van der Waals surface area contributed by atoms with E-state index >= 15 is 0 Å². The van der Waals surface area contributed by atoms with Crippen LogP contribution in [-0.4, -0.2) is 72.5 Å². The molecular formula is C32H38Cl2F2N4O. The number of halogens is 4. The van der Waals surface area contributed by atoms with Crippen LogP contribution in [0.2, 0.25) is 0 Å². The molecule has 9 heteroatoms. The molecule has 3 aromatic rings. The molecule has 41 heavy (non-hydrogen) atoms. The predicted octanol–water partition coefficient (Wildman–Crippen LogP) is 6.24. The smallest absolute Gasteiger partial charge is 0.222 e. The summed E-state index contributed by atoms with van der Waals surface area (Å²) >= 11 is 0. The average Bonchev–Trinajstić information content (AvgIpc) is 3.27. The Balaban J connectivity index is 0.00000194. The number of anilines is 2. The topological polar surface area (TPSA) is 30.0 Å². The monoisotopic (exact) mass is 602 g/mol. The van der Waals surface area contributed by atoms with Crippen LogP contribution in [0.3, 0.4) is 0 Å². The van der Waals surface area contributed by atoms with Gasteiger partial charge in [-0.3, -0.25) is 9.69 Å². The number of fused-ring (bicyclic) bond motifs is 3. The molecule has 3 aliphatic rings. The molecule has 0 aromatic heterocycles. The zero-order valence-corrected chi connectivity index (χ0v) is 24.8. The second-order valence-electron chi connectivity index (χ2n) is 11.1. The number of benzene rings is 3. The van der Waals surface area contributed by atoms with E-state index in [1.165, 1.54) is 23.8 Å². The van der Waals surface area contributed by atoms with E-state index in [4.69, 9.17) is 0 Å². The Kier molecular flexibility index (Phi) is 10.6. The van der Waals surface area contributed by atoms with Crippen LogP contribution < -0.4 is 4.90 Å². The molecule has 0 aliphatic carbocycles. The van der Waals surface area contributed by atoms with E-state index in [-0.39, 0.29) is 54.3 Å². The van der Waals surface area contributed by atoms with Crippen LogP contribution >= 0.6 is 24.8 Å². The summed E-state index contributed by atoms with van der Waals surface area (Å²) in [5, 5.41) is 0. The lowest BCUT2D eigenvalue weighted by Crippen LogP contribution is -2.48. The number of piperidine rings is 1. The Morgan fingerprint density at radius 3 is 2.24 bits per heavy atom. The fourth-order valence-corrected chi connectivity index (χ4v) is 6.59. The van der Waals surface area contributed by atoms with E-state index in [0.717, 1.165) is 82.1 Å². The number of carbonyl (C=O) groups excluding carboxylic acids is 1. The molecule has 0 spiro atoms. The molecule has 6 rings (SSSR count). The maximum Gasteiger partial charge on any atom is 0.222 e. The largest absolute Gasteiger partial charge is 0.340 e. The van der Waals surface area contributed by atoms with Crippen molar-refractivity contribution in [3.8, 4) is 0 Å². The van der Waals surface area contributed by atoms with Crippen LogP contribution in [0.15, 0.2) is 72.8 Å². The number of rotatable bonds is 7. The Hall–Kier alpha value is -2.71. The maximum absolute atomic E-state index is 14.3. The summed E-state index contributed by atoms with van der Waals surface area (Å²) in [6.45, 7) is 6.98. The Bertz CT molecular complexity index is 1290. The summed E-state index contributed by atoms with van der Waals surface area (Å²) in [4.78, 5) is 22.0. The van der Waals surface area contributed by atoms with Gasteiger partial charge in [0.15, 0.2) is 0 Å². The van der Waals surface area contributed by atoms with E-state index in [9.17, 15) is 13.6 Å². The number of likely N-dealkylation sites (tertiary alicyclic amines) is 1. The molecule has 3 aliphatic heterocycles. The van der Waals surface area contributed by atoms with E-state index in [1.54, 1.807) is 6.07 Å². The summed E-state index contributed by atoms with van der Waals surface area (Å²) in [6, 6.07) is 22.3. The van der Waals surface area contributed by atoms with Crippen molar-refractivity contribution < 1.29 is 13.6 Å². The fourth-order valence-electron chi connectivity index (χ4n) is 6.59. The van der Waals surface area contributed by atoms with Crippen molar-refractivity contribution in [3.63, 3.8) is 0 Å². The number of hydrogen-bond donors (Lipinski definition) is 0. The third kappa shape index (κ3) is 7.03. The highest BCUT2D eigenvalue weighted by atomic mass is 35.5. The van der Waals surface area contributed by atoms with Crippen LogP contribution in [-0.2, 0) is 11.3 Å². The van der Waals surface area contributed by atoms with Gasteiger partial charge < -0.3 is 14.7 Å². The SMILES string of the molecule is Cl.Cl.O=C(CCCN1CC[C@@H]2[C@@H](C1)c1cc(F)ccc1N2c1ccc(F)cc1)N1CCN(Cc2ccccc2)CC1. The van der Waals surface area contributed by atoms with Crippen molar-refractivity contribution in [3.05, 3.63) is 95.6 Å². The minimum Gasteiger partial charge on any atom is -0.340 e. The molecule has 0 N–H and O–H groups in total. The van der Waals surface area contributed by atoms with Gasteiger partial charge >= 0.3 is 0 Å². The first kappa shape index (κ1) is 31.2. The van der Waals surface area contributed by atoms with E-state index in [0.29, 0.717) is 6.42 Å². The average molecular weight is 604 g/mol. The van der Waals surface area contributed by atoms with Crippen LogP contribution in [0.4, 0.5) is 20.2 Å². The van der Waals surface area contributed by atoms with Gasteiger partial charge in [-0.1, -0.05) is 30.3 Å². The number of carbonyl (C=O) groups is 1. The third-order valence-corrected chi connectivity index (χ3v) is 8.58. The number of amides is 1. The van der Waals surface area contributed by atoms with Crippen LogP contribution in [0.5, 0.6) is 0 Å². The van der Waals surface area contributed by atoms with E-state index in [1.807, 2.05) is 29.2 Å². The highest BCUT2D eigenvalue weighted by Gasteiger charge is 2.42. The molecule has 2 saturated heterocycles. The number of piperazine rings is 1. The summed E-state index contributed by atoms with van der Waals surface area (Å²) in [7, 11) is 0. The minimum atomic E-state index is -0.257. The van der Waals surface area contributed by atoms with Crippen molar-refractivity contribution in [2.75, 3.05) is 50.7 Å². The molecule has 220 valence electrons. The summed E-state index contributed by atoms with van der Waals surface area (Å²) < 4.78 is 27.9. The molecule has 3 heterocycles. The molecule has 1 amide bonds. The Labute approximate surface area is 253 Å². The highest BCUT2D eigenvalue weighted by Crippen LogP contribution is 2.48. The second kappa shape index (κ2) is 14.0. The van der Waals surface area contributed by atoms with Gasteiger partial charge in [-0.2, -0.15) is 0 Å². The third-order valence-electron chi connectivity index (χ3n) is 8.58. The van der Waals surface area contributed by atoms with E-state index in [2.05, 4.69) is 39.0 Å². The van der Waals surface area contributed by atoms with Gasteiger partial charge in [0.05, 0.1) is 0 Å². The lowest BCUT2D eigenvalue weighted by atomic mass is 9.89. The van der Waals surface area contributed by atoms with Gasteiger partial charge in [0, 0.05) is 75.6 Å². The van der Waals surface area contributed by atoms with Gasteiger partial charge in [0.1, 0.15) is 11.6 Å². The summed E-state index contributed by atoms with van der Waals surface area (Å²) in [6.07, 6.45) is 2.34. The maximum atomic E-state index is 14.3. The van der Waals surface area contributed by atoms with Crippen LogP contribution in [0.1, 0.15) is 36.3 Å². The number of hydrogen-bond acceptors (Lipinski definition) is 4. The van der Waals surface area contributed by atoms with Crippen molar-refractivity contribution in [1.29, 1.82) is 0 Å². The molecule has 0 saturated carbocycles. The van der Waals surface area contributed by atoms with Crippen molar-refractivity contribution in [1.82, 2.24) is 14.7 Å². The van der Waals surface area contributed by atoms with Crippen molar-refractivity contribution >= 4 is 42.1 Å². The second-order valence-corrected chi connectivity index (χ2v) is 11.1.